The highest BCUT2D eigenvalue weighted by Gasteiger charge is 2.30. The maximum Gasteiger partial charge on any atom is 0.330 e. The summed E-state index contributed by atoms with van der Waals surface area (Å²) >= 11 is 0. The number of hydrogen-bond donors (Lipinski definition) is 6. The third kappa shape index (κ3) is 8.32. The van der Waals surface area contributed by atoms with Crippen molar-refractivity contribution in [3.8, 4) is 45.6 Å². The molecule has 0 heterocycles. The summed E-state index contributed by atoms with van der Waals surface area (Å²) < 4.78 is 10.1. The molecule has 2 unspecified atom stereocenters. The molecule has 12 nitrogen and oxygen atoms in total. The molecular formula is C50H52N2O10. The third-order valence-corrected chi connectivity index (χ3v) is 11.2. The van der Waals surface area contributed by atoms with Crippen LogP contribution in [0.15, 0.2) is 82.8 Å². The first kappa shape index (κ1) is 44.5. The Balaban J connectivity index is 1.65. The van der Waals surface area contributed by atoms with Crippen LogP contribution < -0.4 is 0 Å². The molecule has 12 heteroatoms. The number of aryl methyl sites for hydroxylation is 2. The van der Waals surface area contributed by atoms with E-state index < -0.39 is 47.0 Å². The van der Waals surface area contributed by atoms with Gasteiger partial charge in [0.15, 0.2) is 35.1 Å². The Bertz CT molecular complexity index is 2550. The van der Waals surface area contributed by atoms with Crippen molar-refractivity contribution in [1.29, 1.82) is 0 Å². The fraction of sp³-hybridized carbons (Fsp3) is 0.280. The van der Waals surface area contributed by atoms with Crippen LogP contribution in [0, 0.1) is 13.8 Å². The monoisotopic (exact) mass is 840 g/mol. The molecule has 0 saturated heterocycles. The summed E-state index contributed by atoms with van der Waals surface area (Å²) in [4.78, 5) is 35.1. The van der Waals surface area contributed by atoms with Crippen LogP contribution in [0.2, 0.25) is 0 Å². The Morgan fingerprint density at radius 1 is 0.548 bits per heavy atom. The van der Waals surface area contributed by atoms with E-state index in [9.17, 15) is 40.2 Å². The van der Waals surface area contributed by atoms with Gasteiger partial charge in [0.05, 0.1) is 14.2 Å². The molecular weight excluding hydrogens is 789 g/mol. The fourth-order valence-electron chi connectivity index (χ4n) is 8.29. The first-order chi connectivity index (χ1) is 29.5. The van der Waals surface area contributed by atoms with Gasteiger partial charge in [-0.3, -0.25) is 9.98 Å². The van der Waals surface area contributed by atoms with Gasteiger partial charge in [-0.05, 0) is 58.7 Å². The van der Waals surface area contributed by atoms with Gasteiger partial charge in [-0.2, -0.15) is 0 Å². The van der Waals surface area contributed by atoms with Gasteiger partial charge in [0.25, 0.3) is 0 Å². The lowest BCUT2D eigenvalue weighted by atomic mass is 9.83. The predicted octanol–water partition coefficient (Wildman–Crippen LogP) is 9.16. The number of esters is 2. The molecule has 62 heavy (non-hydrogen) atoms. The molecule has 0 aromatic heterocycles. The number of phenols is 6. The number of methoxy groups -OCH3 is 2. The standard InChI is InChI=1S/C50H52N2O10/c1-25(2)37-31-19-27(5)39(45(55)41(31)33(43(53)47(37)57)23-51-35(49(59)61-7)21-29-15-11-9-12-16-29)40-28(6)20-32-38(26(3)4)48(58)44(54)34(42(32)46(40)56)24-52-36(50(60)62-8)22-30-17-13-10-14-18-30/h9-20,23-26,35-36,53-58H,21-22H2,1-8H3. The summed E-state index contributed by atoms with van der Waals surface area (Å²) in [5, 5.41) is 72.3. The Kier molecular flexibility index (Phi) is 13.1. The maximum absolute atomic E-state index is 13.0. The van der Waals surface area contributed by atoms with E-state index in [4.69, 9.17) is 9.47 Å². The Morgan fingerprint density at radius 3 is 1.19 bits per heavy atom. The first-order valence-electron chi connectivity index (χ1n) is 20.3. The predicted molar refractivity (Wildman–Crippen MR) is 242 cm³/mol. The number of aliphatic imine (C=N–C) groups is 2. The highest BCUT2D eigenvalue weighted by atomic mass is 16.5. The molecule has 6 N–H and O–H groups in total. The van der Waals surface area contributed by atoms with E-state index in [0.717, 1.165) is 11.1 Å². The SMILES string of the molecule is COC(=O)C(Cc1ccccc1)N=Cc1c(O)c(O)c(C(C)C)c2cc(C)c(-c3c(C)cc4c(C(C)C)c(O)c(O)c(C=NC(Cc5ccccc5)C(=O)OC)c4c3O)c(O)c12. The van der Waals surface area contributed by atoms with Crippen LogP contribution in [0.5, 0.6) is 34.5 Å². The second-order valence-electron chi connectivity index (χ2n) is 16.1. The van der Waals surface area contributed by atoms with Gasteiger partial charge in [-0.15, -0.1) is 0 Å². The topological polar surface area (TPSA) is 199 Å². The summed E-state index contributed by atoms with van der Waals surface area (Å²) in [5.41, 5.74) is 3.44. The molecule has 6 aromatic rings. The van der Waals surface area contributed by atoms with Gasteiger partial charge in [-0.25, -0.2) is 9.59 Å². The number of benzene rings is 6. The summed E-state index contributed by atoms with van der Waals surface area (Å²) in [7, 11) is 2.49. The van der Waals surface area contributed by atoms with E-state index >= 15 is 0 Å². The van der Waals surface area contributed by atoms with Gasteiger partial charge in [0.1, 0.15) is 11.5 Å². The van der Waals surface area contributed by atoms with Crippen LogP contribution in [0.1, 0.15) is 84.0 Å². The zero-order valence-electron chi connectivity index (χ0n) is 36.0. The molecule has 0 fully saturated rings. The summed E-state index contributed by atoms with van der Waals surface area (Å²) in [5.74, 6) is -4.67. The van der Waals surface area contributed by atoms with Gasteiger partial charge < -0.3 is 40.1 Å². The summed E-state index contributed by atoms with van der Waals surface area (Å²) in [6.45, 7) is 10.8. The second kappa shape index (κ2) is 18.3. The molecule has 6 aromatic carbocycles. The van der Waals surface area contributed by atoms with E-state index in [1.165, 1.54) is 26.6 Å². The van der Waals surface area contributed by atoms with Crippen molar-refractivity contribution in [2.45, 2.75) is 78.3 Å². The molecule has 0 aliphatic rings. The van der Waals surface area contributed by atoms with Gasteiger partial charge >= 0.3 is 11.9 Å². The fourth-order valence-corrected chi connectivity index (χ4v) is 8.29. The van der Waals surface area contributed by atoms with E-state index in [1.807, 2.05) is 88.4 Å². The number of ether oxygens (including phenoxy) is 2. The third-order valence-electron chi connectivity index (χ3n) is 11.2. The molecule has 0 bridgehead atoms. The van der Waals surface area contributed by atoms with Crippen LogP contribution >= 0.6 is 0 Å². The number of carbonyl (C=O) groups is 2. The average Bonchev–Trinajstić information content (AvgIpc) is 3.24. The molecule has 0 aliphatic heterocycles. The van der Waals surface area contributed by atoms with Crippen molar-refractivity contribution in [3.05, 3.63) is 117 Å². The van der Waals surface area contributed by atoms with E-state index in [1.54, 1.807) is 26.0 Å². The smallest absolute Gasteiger partial charge is 0.330 e. The van der Waals surface area contributed by atoms with Crippen molar-refractivity contribution < 1.29 is 49.7 Å². The van der Waals surface area contributed by atoms with E-state index in [-0.39, 0.29) is 69.2 Å². The van der Waals surface area contributed by atoms with Crippen LogP contribution in [0.4, 0.5) is 0 Å². The van der Waals surface area contributed by atoms with Crippen molar-refractivity contribution >= 4 is 45.9 Å². The van der Waals surface area contributed by atoms with Crippen molar-refractivity contribution in [3.63, 3.8) is 0 Å². The molecule has 0 radical (unpaired) electrons. The molecule has 0 aliphatic carbocycles. The van der Waals surface area contributed by atoms with E-state index in [0.29, 0.717) is 33.0 Å². The lowest BCUT2D eigenvalue weighted by Gasteiger charge is -2.23. The largest absolute Gasteiger partial charge is 0.507 e. The van der Waals surface area contributed by atoms with Crippen LogP contribution in [-0.4, -0.2) is 81.3 Å². The number of carbonyl (C=O) groups excluding carboxylic acids is 2. The van der Waals surface area contributed by atoms with Crippen LogP contribution in [-0.2, 0) is 31.9 Å². The minimum Gasteiger partial charge on any atom is -0.507 e. The molecule has 0 amide bonds. The number of phenolic OH excluding ortho intramolecular Hbond substituents is 6. The summed E-state index contributed by atoms with van der Waals surface area (Å²) in [6.07, 6.45) is 2.79. The Labute approximate surface area is 360 Å². The minimum atomic E-state index is -1.05. The molecule has 6 rings (SSSR count). The van der Waals surface area contributed by atoms with Crippen molar-refractivity contribution in [2.75, 3.05) is 14.2 Å². The van der Waals surface area contributed by atoms with Gasteiger partial charge in [0, 0.05) is 69.4 Å². The minimum absolute atomic E-state index is 0.0784. The zero-order valence-corrected chi connectivity index (χ0v) is 36.0. The summed E-state index contributed by atoms with van der Waals surface area (Å²) in [6, 6.07) is 19.7. The van der Waals surface area contributed by atoms with Crippen molar-refractivity contribution in [2.24, 2.45) is 9.98 Å². The molecule has 2 atom stereocenters. The van der Waals surface area contributed by atoms with Gasteiger partial charge in [0.2, 0.25) is 0 Å². The first-order valence-corrected chi connectivity index (χ1v) is 20.3. The quantitative estimate of drug-likeness (QED) is 0.0370. The lowest BCUT2D eigenvalue weighted by molar-refractivity contribution is -0.142. The number of fused-ring (bicyclic) bond motifs is 2. The molecule has 322 valence electrons. The highest BCUT2D eigenvalue weighted by Crippen LogP contribution is 2.54. The maximum atomic E-state index is 13.0. The second-order valence-corrected chi connectivity index (χ2v) is 16.1. The van der Waals surface area contributed by atoms with E-state index in [2.05, 4.69) is 9.98 Å². The normalized spacial score (nSPS) is 12.9. The number of nitrogens with zero attached hydrogens (tertiary/aromatic N) is 2. The number of rotatable bonds is 13. The van der Waals surface area contributed by atoms with Crippen LogP contribution in [0.3, 0.4) is 0 Å². The van der Waals surface area contributed by atoms with Crippen LogP contribution in [0.25, 0.3) is 32.7 Å². The Morgan fingerprint density at radius 2 is 0.887 bits per heavy atom. The molecule has 0 saturated carbocycles. The zero-order chi connectivity index (χ0) is 45.2. The van der Waals surface area contributed by atoms with Gasteiger partial charge in [-0.1, -0.05) is 100 Å². The van der Waals surface area contributed by atoms with Crippen molar-refractivity contribution in [1.82, 2.24) is 0 Å². The average molecular weight is 841 g/mol. The highest BCUT2D eigenvalue weighted by molar-refractivity contribution is 6.15. The number of hydrogen-bond acceptors (Lipinski definition) is 12. The lowest BCUT2D eigenvalue weighted by Crippen LogP contribution is -2.23. The Hall–Kier alpha value is -7.08. The number of aromatic hydroxyl groups is 6. The molecule has 0 spiro atoms.